The van der Waals surface area contributed by atoms with Crippen LogP contribution in [0.4, 0.5) is 13.2 Å². The average Bonchev–Trinajstić information content (AvgIpc) is 2.39. The average molecular weight is 276 g/mol. The van der Waals surface area contributed by atoms with Gasteiger partial charge in [0, 0.05) is 24.7 Å². The summed E-state index contributed by atoms with van der Waals surface area (Å²) in [6, 6.07) is -0.240. The highest BCUT2D eigenvalue weighted by molar-refractivity contribution is 5.34. The van der Waals surface area contributed by atoms with Crippen molar-refractivity contribution in [2.75, 3.05) is 32.9 Å². The van der Waals surface area contributed by atoms with Gasteiger partial charge in [-0.05, 0) is 18.1 Å². The van der Waals surface area contributed by atoms with E-state index in [0.29, 0.717) is 31.9 Å². The summed E-state index contributed by atoms with van der Waals surface area (Å²) < 4.78 is 48.6. The summed E-state index contributed by atoms with van der Waals surface area (Å²) in [4.78, 5) is 2.02. The van der Waals surface area contributed by atoms with Gasteiger partial charge in [0.1, 0.15) is 0 Å². The molecule has 0 amide bonds. The smallest absolute Gasteiger partial charge is 0.379 e. The second-order valence-electron chi connectivity index (χ2n) is 4.68. The van der Waals surface area contributed by atoms with Gasteiger partial charge in [0.25, 0.3) is 0 Å². The predicted molar refractivity (Wildman–Crippen MR) is 64.3 cm³/mol. The third-order valence-electron chi connectivity index (χ3n) is 3.34. The number of hydrogen-bond acceptors (Lipinski definition) is 3. The quantitative estimate of drug-likeness (QED) is 0.789. The first-order valence-corrected chi connectivity index (χ1v) is 6.18. The predicted octanol–water partition coefficient (Wildman–Crippen LogP) is 2.31. The van der Waals surface area contributed by atoms with Crippen molar-refractivity contribution in [1.82, 2.24) is 4.90 Å². The minimum absolute atomic E-state index is 0.00978. The molecule has 1 atom stereocenters. The fourth-order valence-electron chi connectivity index (χ4n) is 2.41. The van der Waals surface area contributed by atoms with Gasteiger partial charge in [-0.1, -0.05) is 6.08 Å². The van der Waals surface area contributed by atoms with Crippen molar-refractivity contribution >= 4 is 0 Å². The van der Waals surface area contributed by atoms with Crippen molar-refractivity contribution in [3.05, 3.63) is 30.4 Å². The highest BCUT2D eigenvalue weighted by atomic mass is 19.4. The van der Waals surface area contributed by atoms with E-state index >= 15 is 0 Å². The van der Waals surface area contributed by atoms with E-state index in [4.69, 9.17) is 9.47 Å². The van der Waals surface area contributed by atoms with Gasteiger partial charge in [0.15, 0.2) is 0 Å². The third-order valence-corrected chi connectivity index (χ3v) is 3.34. The molecular weight excluding hydrogens is 259 g/mol. The number of nitrogens with zero attached hydrogens (tertiary/aromatic N) is 1. The molecule has 1 heterocycles. The Morgan fingerprint density at radius 2 is 2.05 bits per heavy atom. The number of hydrogen-bond donors (Lipinski definition) is 0. The van der Waals surface area contributed by atoms with E-state index in [1.54, 1.807) is 0 Å². The van der Waals surface area contributed by atoms with E-state index in [0.717, 1.165) is 0 Å². The van der Waals surface area contributed by atoms with Gasteiger partial charge < -0.3 is 9.47 Å². The second kappa shape index (κ2) is 6.07. The number of halogens is 3. The van der Waals surface area contributed by atoms with Crippen LogP contribution < -0.4 is 0 Å². The summed E-state index contributed by atoms with van der Waals surface area (Å²) >= 11 is 0. The lowest BCUT2D eigenvalue weighted by molar-refractivity contribution is -0.0964. The molecule has 1 radical (unpaired) electrons. The van der Waals surface area contributed by atoms with Crippen LogP contribution in [0.15, 0.2) is 23.3 Å². The molecule has 19 heavy (non-hydrogen) atoms. The standard InChI is InChI=1S/C13H17F3NO2/c1-18-9-10-6-11(13(14,15)16)8-12(7-10)17-2-4-19-5-3-17/h6-7,12H,1-5,8-9H2. The maximum atomic E-state index is 12.9. The molecule has 2 aliphatic rings. The van der Waals surface area contributed by atoms with Gasteiger partial charge in [0.2, 0.25) is 0 Å². The fraction of sp³-hybridized carbons (Fsp3) is 0.615. The van der Waals surface area contributed by atoms with Crippen LogP contribution in [0.2, 0.25) is 0 Å². The van der Waals surface area contributed by atoms with Crippen molar-refractivity contribution in [2.45, 2.75) is 18.6 Å². The van der Waals surface area contributed by atoms with Gasteiger partial charge in [-0.15, -0.1) is 0 Å². The Hall–Kier alpha value is -0.850. The molecule has 0 bridgehead atoms. The Kier molecular flexibility index (Phi) is 4.65. The summed E-state index contributed by atoms with van der Waals surface area (Å²) in [5.41, 5.74) is 0.0311. The Bertz CT molecular complexity index is 371. The number of ether oxygens (including phenoxy) is 2. The second-order valence-corrected chi connectivity index (χ2v) is 4.68. The van der Waals surface area contributed by atoms with Crippen molar-refractivity contribution in [3.8, 4) is 0 Å². The van der Waals surface area contributed by atoms with Crippen molar-refractivity contribution < 1.29 is 22.6 Å². The lowest BCUT2D eigenvalue weighted by atomic mass is 9.94. The third kappa shape index (κ3) is 3.81. The van der Waals surface area contributed by atoms with Crippen LogP contribution in [0.1, 0.15) is 6.42 Å². The highest BCUT2D eigenvalue weighted by Crippen LogP contribution is 2.34. The van der Waals surface area contributed by atoms with Crippen LogP contribution in [-0.4, -0.2) is 50.0 Å². The van der Waals surface area contributed by atoms with Crippen LogP contribution in [-0.2, 0) is 9.47 Å². The summed E-state index contributed by atoms with van der Waals surface area (Å²) in [6.45, 7) is 2.54. The number of morpholine rings is 1. The first kappa shape index (κ1) is 14.6. The van der Waals surface area contributed by atoms with E-state index in [1.165, 1.54) is 6.08 Å². The minimum atomic E-state index is -4.29. The molecule has 0 aromatic rings. The Labute approximate surface area is 110 Å². The molecule has 1 aliphatic carbocycles. The molecule has 1 fully saturated rings. The molecule has 1 aliphatic heterocycles. The molecule has 0 aromatic carbocycles. The van der Waals surface area contributed by atoms with E-state index < -0.39 is 11.7 Å². The summed E-state index contributed by atoms with van der Waals surface area (Å²) in [6.07, 6.45) is -1.29. The van der Waals surface area contributed by atoms with E-state index in [-0.39, 0.29) is 19.1 Å². The molecule has 0 saturated carbocycles. The van der Waals surface area contributed by atoms with E-state index in [9.17, 15) is 13.2 Å². The monoisotopic (exact) mass is 276 g/mol. The van der Waals surface area contributed by atoms with Crippen LogP contribution in [0, 0.1) is 7.11 Å². The summed E-state index contributed by atoms with van der Waals surface area (Å²) in [5, 5.41) is 0. The molecule has 6 heteroatoms. The van der Waals surface area contributed by atoms with Crippen LogP contribution in [0.5, 0.6) is 0 Å². The number of rotatable bonds is 3. The zero-order valence-corrected chi connectivity index (χ0v) is 10.6. The highest BCUT2D eigenvalue weighted by Gasteiger charge is 2.37. The zero-order valence-electron chi connectivity index (χ0n) is 10.6. The topological polar surface area (TPSA) is 21.7 Å². The van der Waals surface area contributed by atoms with Crippen LogP contribution in [0.25, 0.3) is 0 Å². The molecule has 3 nitrogen and oxygen atoms in total. The number of alkyl halides is 3. The Balaban J connectivity index is 2.15. The molecule has 0 aromatic heterocycles. The molecule has 0 spiro atoms. The van der Waals surface area contributed by atoms with Crippen LogP contribution in [0.3, 0.4) is 0 Å². The first-order valence-electron chi connectivity index (χ1n) is 6.18. The largest absolute Gasteiger partial charge is 0.412 e. The first-order chi connectivity index (χ1) is 9.00. The summed E-state index contributed by atoms with van der Waals surface area (Å²) in [5.74, 6) is 0. The summed E-state index contributed by atoms with van der Waals surface area (Å²) in [7, 11) is 3.22. The molecule has 1 saturated heterocycles. The lowest BCUT2D eigenvalue weighted by Crippen LogP contribution is -2.44. The molecule has 0 N–H and O–H groups in total. The normalized spacial score (nSPS) is 26.0. The van der Waals surface area contributed by atoms with E-state index in [1.807, 2.05) is 11.0 Å². The lowest BCUT2D eigenvalue weighted by Gasteiger charge is -2.35. The maximum absolute atomic E-state index is 12.9. The van der Waals surface area contributed by atoms with Crippen molar-refractivity contribution in [1.29, 1.82) is 0 Å². The fourth-order valence-corrected chi connectivity index (χ4v) is 2.41. The van der Waals surface area contributed by atoms with E-state index in [2.05, 4.69) is 7.11 Å². The van der Waals surface area contributed by atoms with Crippen LogP contribution >= 0.6 is 0 Å². The Morgan fingerprint density at radius 3 is 2.63 bits per heavy atom. The van der Waals surface area contributed by atoms with Crippen molar-refractivity contribution in [3.63, 3.8) is 0 Å². The van der Waals surface area contributed by atoms with Gasteiger partial charge in [-0.3, -0.25) is 4.90 Å². The maximum Gasteiger partial charge on any atom is 0.412 e. The SMILES string of the molecule is [CH2]OCC1=CC(N2CCOCC2)CC(C(F)(F)F)=C1. The van der Waals surface area contributed by atoms with Gasteiger partial charge in [0.05, 0.1) is 26.9 Å². The zero-order chi connectivity index (χ0) is 13.9. The molecule has 2 rings (SSSR count). The van der Waals surface area contributed by atoms with Gasteiger partial charge in [-0.2, -0.15) is 13.2 Å². The minimum Gasteiger partial charge on any atom is -0.379 e. The van der Waals surface area contributed by atoms with Gasteiger partial charge >= 0.3 is 6.18 Å². The van der Waals surface area contributed by atoms with Gasteiger partial charge in [-0.25, -0.2) is 0 Å². The molecular formula is C13H17F3NO2. The molecule has 1 unspecified atom stereocenters. The molecule has 107 valence electrons. The van der Waals surface area contributed by atoms with Crippen molar-refractivity contribution in [2.24, 2.45) is 0 Å². The Morgan fingerprint density at radius 1 is 1.37 bits per heavy atom.